The van der Waals surface area contributed by atoms with Gasteiger partial charge < -0.3 is 9.51 Å². The Bertz CT molecular complexity index is 957. The molecule has 0 amide bonds. The molecule has 0 fully saturated rings. The molecule has 6 heteroatoms. The molecule has 0 spiro atoms. The van der Waals surface area contributed by atoms with E-state index in [1.807, 2.05) is 31.2 Å². The number of aromatic amines is 1. The zero-order valence-electron chi connectivity index (χ0n) is 11.2. The first kappa shape index (κ1) is 12.3. The van der Waals surface area contributed by atoms with E-state index in [1.165, 1.54) is 0 Å². The van der Waals surface area contributed by atoms with Crippen molar-refractivity contribution in [3.8, 4) is 0 Å². The van der Waals surface area contributed by atoms with Crippen LogP contribution >= 0.6 is 11.6 Å². The van der Waals surface area contributed by atoms with Crippen molar-refractivity contribution in [3.05, 3.63) is 52.8 Å². The molecule has 3 aromatic heterocycles. The molecule has 0 aliphatic rings. The summed E-state index contributed by atoms with van der Waals surface area (Å²) < 4.78 is 5.22. The maximum Gasteiger partial charge on any atom is 0.144 e. The maximum atomic E-state index is 6.07. The number of H-pyrrole nitrogens is 1. The summed E-state index contributed by atoms with van der Waals surface area (Å²) in [4.78, 5) is 12.3. The van der Waals surface area contributed by atoms with Crippen LogP contribution in [0.15, 0.2) is 35.0 Å². The third-order valence-corrected chi connectivity index (χ3v) is 3.59. The van der Waals surface area contributed by atoms with Gasteiger partial charge in [0.25, 0.3) is 0 Å². The van der Waals surface area contributed by atoms with Gasteiger partial charge in [0.1, 0.15) is 17.1 Å². The Morgan fingerprint density at radius 1 is 1.24 bits per heavy atom. The highest BCUT2D eigenvalue weighted by molar-refractivity contribution is 6.31. The van der Waals surface area contributed by atoms with Crippen molar-refractivity contribution in [3.63, 3.8) is 0 Å². The third kappa shape index (κ3) is 2.15. The molecule has 1 N–H and O–H groups in total. The van der Waals surface area contributed by atoms with Crippen LogP contribution in [0.4, 0.5) is 0 Å². The minimum atomic E-state index is 0.567. The van der Waals surface area contributed by atoms with Crippen molar-refractivity contribution in [2.45, 2.75) is 13.3 Å². The number of pyridine rings is 1. The number of benzene rings is 1. The fourth-order valence-corrected chi connectivity index (χ4v) is 2.61. The second-order valence-electron chi connectivity index (χ2n) is 4.97. The molecule has 1 aromatic carbocycles. The molecule has 0 atom stereocenters. The van der Waals surface area contributed by atoms with Gasteiger partial charge >= 0.3 is 0 Å². The lowest BCUT2D eigenvalue weighted by molar-refractivity contribution is 0.384. The van der Waals surface area contributed by atoms with Crippen molar-refractivity contribution in [1.29, 1.82) is 0 Å². The minimum absolute atomic E-state index is 0.567. The first-order valence-electron chi connectivity index (χ1n) is 6.54. The fourth-order valence-electron chi connectivity index (χ4n) is 2.44. The Hall–Kier alpha value is -2.40. The van der Waals surface area contributed by atoms with Gasteiger partial charge in [0.05, 0.1) is 29.3 Å². The van der Waals surface area contributed by atoms with Gasteiger partial charge in [0.15, 0.2) is 0 Å². The molecular formula is C15H11ClN4O. The molecule has 0 aliphatic carbocycles. The highest BCUT2D eigenvalue weighted by Crippen LogP contribution is 2.25. The summed E-state index contributed by atoms with van der Waals surface area (Å²) >= 11 is 6.07. The number of aromatic nitrogens is 4. The number of halogens is 1. The zero-order chi connectivity index (χ0) is 14.4. The van der Waals surface area contributed by atoms with E-state index in [2.05, 4.69) is 20.1 Å². The predicted octanol–water partition coefficient (Wildman–Crippen LogP) is 3.65. The molecule has 0 bridgehead atoms. The van der Waals surface area contributed by atoms with Crippen molar-refractivity contribution >= 4 is 33.5 Å². The van der Waals surface area contributed by atoms with Crippen molar-refractivity contribution < 1.29 is 4.52 Å². The molecule has 4 aromatic rings. The number of rotatable bonds is 2. The average molecular weight is 299 g/mol. The lowest BCUT2D eigenvalue weighted by atomic mass is 10.2. The zero-order valence-corrected chi connectivity index (χ0v) is 12.0. The number of imidazole rings is 1. The number of aryl methyl sites for hydroxylation is 1. The quantitative estimate of drug-likeness (QED) is 0.613. The second kappa shape index (κ2) is 4.56. The van der Waals surface area contributed by atoms with Gasteiger partial charge in [-0.25, -0.2) is 4.98 Å². The summed E-state index contributed by atoms with van der Waals surface area (Å²) in [5.74, 6) is 1.59. The minimum Gasteiger partial charge on any atom is -0.361 e. The van der Waals surface area contributed by atoms with E-state index in [4.69, 9.17) is 16.1 Å². The van der Waals surface area contributed by atoms with Crippen LogP contribution < -0.4 is 0 Å². The molecule has 0 aliphatic heterocycles. The van der Waals surface area contributed by atoms with Crippen LogP contribution in [0.3, 0.4) is 0 Å². The Morgan fingerprint density at radius 3 is 2.95 bits per heavy atom. The van der Waals surface area contributed by atoms with E-state index in [0.717, 1.165) is 39.2 Å². The molecule has 0 unspecified atom stereocenters. The van der Waals surface area contributed by atoms with E-state index in [-0.39, 0.29) is 0 Å². The van der Waals surface area contributed by atoms with Crippen molar-refractivity contribution in [2.75, 3.05) is 0 Å². The van der Waals surface area contributed by atoms with Crippen LogP contribution in [0.5, 0.6) is 0 Å². The molecule has 5 nitrogen and oxygen atoms in total. The highest BCUT2D eigenvalue weighted by atomic mass is 35.5. The van der Waals surface area contributed by atoms with Gasteiger partial charge in [-0.15, -0.1) is 0 Å². The molecule has 4 rings (SSSR count). The van der Waals surface area contributed by atoms with Gasteiger partial charge in [-0.05, 0) is 25.1 Å². The number of fused-ring (bicyclic) bond motifs is 3. The normalized spacial score (nSPS) is 11.5. The summed E-state index contributed by atoms with van der Waals surface area (Å²) in [6.45, 7) is 1.89. The average Bonchev–Trinajstić information content (AvgIpc) is 3.05. The van der Waals surface area contributed by atoms with Gasteiger partial charge in [0, 0.05) is 16.5 Å². The molecule has 21 heavy (non-hydrogen) atoms. The Morgan fingerprint density at radius 2 is 2.14 bits per heavy atom. The van der Waals surface area contributed by atoms with Crippen molar-refractivity contribution in [1.82, 2.24) is 20.1 Å². The summed E-state index contributed by atoms with van der Waals surface area (Å²) in [5.41, 5.74) is 3.50. The second-order valence-corrected chi connectivity index (χ2v) is 5.41. The van der Waals surface area contributed by atoms with Crippen LogP contribution in [0.25, 0.3) is 21.9 Å². The first-order valence-corrected chi connectivity index (χ1v) is 6.92. The smallest absolute Gasteiger partial charge is 0.144 e. The van der Waals surface area contributed by atoms with Crippen LogP contribution in [-0.2, 0) is 6.42 Å². The molecule has 0 saturated carbocycles. The lowest BCUT2D eigenvalue weighted by Crippen LogP contribution is -1.87. The van der Waals surface area contributed by atoms with E-state index >= 15 is 0 Å². The number of nitrogens with one attached hydrogen (secondary N) is 1. The van der Waals surface area contributed by atoms with E-state index in [1.54, 1.807) is 6.20 Å². The summed E-state index contributed by atoms with van der Waals surface area (Å²) in [6.07, 6.45) is 2.33. The topological polar surface area (TPSA) is 67.6 Å². The summed E-state index contributed by atoms with van der Waals surface area (Å²) in [5, 5.41) is 5.53. The van der Waals surface area contributed by atoms with Gasteiger partial charge in [0.2, 0.25) is 0 Å². The van der Waals surface area contributed by atoms with Crippen LogP contribution in [0.2, 0.25) is 5.02 Å². The van der Waals surface area contributed by atoms with Crippen LogP contribution in [-0.4, -0.2) is 20.1 Å². The predicted molar refractivity (Wildman–Crippen MR) is 80.5 cm³/mol. The Kier molecular flexibility index (Phi) is 2.68. The number of nitrogens with zero attached hydrogens (tertiary/aromatic N) is 3. The van der Waals surface area contributed by atoms with E-state index in [0.29, 0.717) is 11.4 Å². The number of hydrogen-bond donors (Lipinski definition) is 1. The van der Waals surface area contributed by atoms with Crippen LogP contribution in [0.1, 0.15) is 17.3 Å². The molecule has 104 valence electrons. The summed E-state index contributed by atoms with van der Waals surface area (Å²) in [6, 6.07) is 7.53. The van der Waals surface area contributed by atoms with E-state index < -0.39 is 0 Å². The Labute approximate surface area is 124 Å². The fraction of sp³-hybridized carbons (Fsp3) is 0.133. The van der Waals surface area contributed by atoms with Gasteiger partial charge in [-0.2, -0.15) is 0 Å². The molecule has 0 radical (unpaired) electrons. The van der Waals surface area contributed by atoms with E-state index in [9.17, 15) is 0 Å². The first-order chi connectivity index (χ1) is 10.2. The van der Waals surface area contributed by atoms with Crippen LogP contribution in [0, 0.1) is 6.92 Å². The van der Waals surface area contributed by atoms with Crippen molar-refractivity contribution in [2.24, 2.45) is 0 Å². The van der Waals surface area contributed by atoms with Gasteiger partial charge in [-0.1, -0.05) is 16.8 Å². The summed E-state index contributed by atoms with van der Waals surface area (Å²) in [7, 11) is 0. The monoisotopic (exact) mass is 298 g/mol. The maximum absolute atomic E-state index is 6.07. The third-order valence-electron chi connectivity index (χ3n) is 3.35. The Balaban J connectivity index is 1.85. The lowest BCUT2D eigenvalue weighted by Gasteiger charge is -1.98. The molecular weight excluding hydrogens is 288 g/mol. The largest absolute Gasteiger partial charge is 0.361 e. The molecule has 3 heterocycles. The van der Waals surface area contributed by atoms with Gasteiger partial charge in [-0.3, -0.25) is 4.98 Å². The SMILES string of the molecule is Cc1cc(Cc2nc3cnc4ccc(Cl)cc4c3[nH]2)on1. The molecule has 0 saturated heterocycles. The number of hydrogen-bond acceptors (Lipinski definition) is 4. The standard InChI is InChI=1S/C15H11ClN4O/c1-8-4-10(21-20-8)6-14-18-13-7-17-12-3-2-9(16)5-11(12)15(13)19-14/h2-5,7H,6H2,1H3,(H,18,19). The highest BCUT2D eigenvalue weighted by Gasteiger charge is 2.10.